The third-order valence-electron chi connectivity index (χ3n) is 4.20. The lowest BCUT2D eigenvalue weighted by Gasteiger charge is -2.31. The maximum atomic E-state index is 13.8. The Hall–Kier alpha value is -2.69. The Morgan fingerprint density at radius 2 is 1.92 bits per heavy atom. The molecule has 2 rings (SSSR count). The third kappa shape index (κ3) is 4.44. The van der Waals surface area contributed by atoms with E-state index >= 15 is 0 Å². The number of esters is 1. The molecule has 134 valence electrons. The summed E-state index contributed by atoms with van der Waals surface area (Å²) in [5, 5.41) is 14.5. The summed E-state index contributed by atoms with van der Waals surface area (Å²) in [5.74, 6) is -3.42. The van der Waals surface area contributed by atoms with Crippen molar-refractivity contribution in [3.05, 3.63) is 29.3 Å². The average molecular weight is 351 g/mol. The molecule has 8 heteroatoms. The van der Waals surface area contributed by atoms with E-state index in [-0.39, 0.29) is 12.2 Å². The van der Waals surface area contributed by atoms with Crippen LogP contribution in [0.3, 0.4) is 0 Å². The number of methoxy groups -OCH3 is 1. The number of anilines is 1. The van der Waals surface area contributed by atoms with Crippen LogP contribution >= 0.6 is 0 Å². The predicted molar refractivity (Wildman–Crippen MR) is 85.8 cm³/mol. The zero-order valence-corrected chi connectivity index (χ0v) is 13.8. The molecule has 0 bridgehead atoms. The van der Waals surface area contributed by atoms with Crippen molar-refractivity contribution >= 4 is 17.6 Å². The van der Waals surface area contributed by atoms with Gasteiger partial charge in [-0.1, -0.05) is 19.3 Å². The molecule has 1 aliphatic rings. The zero-order chi connectivity index (χ0) is 18.4. The molecule has 0 aromatic heterocycles. The highest BCUT2D eigenvalue weighted by atomic mass is 19.1. The van der Waals surface area contributed by atoms with Crippen molar-refractivity contribution in [3.63, 3.8) is 0 Å². The first-order valence-electron chi connectivity index (χ1n) is 7.94. The maximum absolute atomic E-state index is 13.8. The molecule has 2 N–H and O–H groups in total. The van der Waals surface area contributed by atoms with Crippen LogP contribution in [0.25, 0.3) is 0 Å². The highest BCUT2D eigenvalue weighted by molar-refractivity contribution is 5.91. The minimum atomic E-state index is -1.05. The van der Waals surface area contributed by atoms with Crippen molar-refractivity contribution in [1.82, 2.24) is 5.32 Å². The average Bonchev–Trinajstić information content (AvgIpc) is 2.61. The fourth-order valence-corrected chi connectivity index (χ4v) is 2.86. The van der Waals surface area contributed by atoms with Gasteiger partial charge in [0.05, 0.1) is 31.0 Å². The molecule has 6 nitrogen and oxygen atoms in total. The molecule has 1 aliphatic carbocycles. The number of benzene rings is 1. The van der Waals surface area contributed by atoms with Crippen LogP contribution in [0, 0.1) is 23.0 Å². The Morgan fingerprint density at radius 1 is 1.24 bits per heavy atom. The summed E-state index contributed by atoms with van der Waals surface area (Å²) >= 11 is 0. The highest BCUT2D eigenvalue weighted by Crippen LogP contribution is 2.27. The van der Waals surface area contributed by atoms with E-state index in [1.807, 2.05) is 0 Å². The second-order valence-corrected chi connectivity index (χ2v) is 5.96. The maximum Gasteiger partial charge on any atom is 0.340 e. The summed E-state index contributed by atoms with van der Waals surface area (Å²) in [4.78, 5) is 23.5. The number of carbonyl (C=O) groups excluding carboxylic acids is 2. The summed E-state index contributed by atoms with van der Waals surface area (Å²) < 4.78 is 31.8. The highest BCUT2D eigenvalue weighted by Gasteiger charge is 2.33. The van der Waals surface area contributed by atoms with Crippen LogP contribution < -0.4 is 10.6 Å². The van der Waals surface area contributed by atoms with E-state index in [1.165, 1.54) is 0 Å². The van der Waals surface area contributed by atoms with Gasteiger partial charge in [0.2, 0.25) is 5.91 Å². The number of ether oxygens (including phenoxy) is 1. The van der Waals surface area contributed by atoms with Crippen molar-refractivity contribution in [3.8, 4) is 6.07 Å². The van der Waals surface area contributed by atoms with E-state index in [1.54, 1.807) is 0 Å². The molecule has 1 fully saturated rings. The molecule has 0 aliphatic heterocycles. The largest absolute Gasteiger partial charge is 0.465 e. The van der Waals surface area contributed by atoms with Gasteiger partial charge < -0.3 is 15.4 Å². The number of rotatable bonds is 5. The first kappa shape index (κ1) is 18.6. The molecule has 0 heterocycles. The van der Waals surface area contributed by atoms with Crippen molar-refractivity contribution in [2.45, 2.75) is 37.6 Å². The number of carbonyl (C=O) groups is 2. The van der Waals surface area contributed by atoms with E-state index in [2.05, 4.69) is 21.4 Å². The molecular formula is C17H19F2N3O3. The van der Waals surface area contributed by atoms with Gasteiger partial charge in [0.1, 0.15) is 17.2 Å². The zero-order valence-electron chi connectivity index (χ0n) is 13.8. The normalized spacial score (nSPS) is 15.8. The monoisotopic (exact) mass is 351 g/mol. The first-order chi connectivity index (χ1) is 11.9. The lowest BCUT2D eigenvalue weighted by atomic mass is 9.83. The van der Waals surface area contributed by atoms with Crippen molar-refractivity contribution in [1.29, 1.82) is 5.26 Å². The second kappa shape index (κ2) is 7.92. The number of amides is 1. The van der Waals surface area contributed by atoms with Crippen LogP contribution in [0.1, 0.15) is 42.5 Å². The smallest absolute Gasteiger partial charge is 0.340 e. The van der Waals surface area contributed by atoms with Gasteiger partial charge in [-0.25, -0.2) is 13.6 Å². The SMILES string of the molecule is COC(=O)c1cc(NCC(=O)NC2(C#N)CCCCC2)c(F)cc1F. The van der Waals surface area contributed by atoms with Crippen LogP contribution in [0.4, 0.5) is 14.5 Å². The van der Waals surface area contributed by atoms with Crippen LogP contribution in [-0.4, -0.2) is 31.1 Å². The van der Waals surface area contributed by atoms with E-state index in [0.29, 0.717) is 18.9 Å². The molecule has 0 saturated heterocycles. The Labute approximate surface area is 144 Å². The van der Waals surface area contributed by atoms with Gasteiger partial charge in [-0.15, -0.1) is 0 Å². The second-order valence-electron chi connectivity index (χ2n) is 5.96. The Morgan fingerprint density at radius 3 is 2.52 bits per heavy atom. The molecule has 1 amide bonds. The predicted octanol–water partition coefficient (Wildman–Crippen LogP) is 2.51. The Kier molecular flexibility index (Phi) is 5.91. The molecule has 0 radical (unpaired) electrons. The van der Waals surface area contributed by atoms with Crippen LogP contribution in [0.5, 0.6) is 0 Å². The van der Waals surface area contributed by atoms with Gasteiger partial charge >= 0.3 is 5.97 Å². The Bertz CT molecular complexity index is 710. The van der Waals surface area contributed by atoms with Gasteiger partial charge in [-0.2, -0.15) is 5.26 Å². The summed E-state index contributed by atoms with van der Waals surface area (Å²) in [6.45, 7) is -0.313. The quantitative estimate of drug-likeness (QED) is 0.796. The number of nitrogens with one attached hydrogen (secondary N) is 2. The molecule has 1 saturated carbocycles. The molecule has 0 spiro atoms. The number of nitrogens with zero attached hydrogens (tertiary/aromatic N) is 1. The van der Waals surface area contributed by atoms with Gasteiger partial charge in [-0.05, 0) is 18.9 Å². The standard InChI is InChI=1S/C17H19F2N3O3/c1-25-16(24)11-7-14(13(19)8-12(11)18)21-9-15(23)22-17(10-20)5-3-2-4-6-17/h7-8,21H,2-6,9H2,1H3,(H,22,23). The summed E-state index contributed by atoms with van der Waals surface area (Å²) in [7, 11) is 1.08. The molecule has 0 atom stereocenters. The molecular weight excluding hydrogens is 332 g/mol. The topological polar surface area (TPSA) is 91.2 Å². The van der Waals surface area contributed by atoms with Crippen molar-refractivity contribution in [2.24, 2.45) is 0 Å². The van der Waals surface area contributed by atoms with Gasteiger partial charge in [-0.3, -0.25) is 4.79 Å². The van der Waals surface area contributed by atoms with Crippen LogP contribution in [0.15, 0.2) is 12.1 Å². The van der Waals surface area contributed by atoms with E-state index < -0.39 is 34.6 Å². The van der Waals surface area contributed by atoms with E-state index in [0.717, 1.165) is 32.4 Å². The van der Waals surface area contributed by atoms with E-state index in [9.17, 15) is 23.6 Å². The third-order valence-corrected chi connectivity index (χ3v) is 4.20. The minimum absolute atomic E-state index is 0.202. The Balaban J connectivity index is 2.04. The lowest BCUT2D eigenvalue weighted by molar-refractivity contribution is -0.121. The van der Waals surface area contributed by atoms with Crippen LogP contribution in [0.2, 0.25) is 0 Å². The summed E-state index contributed by atoms with van der Waals surface area (Å²) in [5.41, 5.74) is -1.53. The van der Waals surface area contributed by atoms with Crippen molar-refractivity contribution < 1.29 is 23.1 Å². The van der Waals surface area contributed by atoms with Gasteiger partial charge in [0, 0.05) is 6.07 Å². The summed E-state index contributed by atoms with van der Waals surface area (Å²) in [6, 6.07) is 3.65. The molecule has 1 aromatic carbocycles. The van der Waals surface area contributed by atoms with Crippen LogP contribution in [-0.2, 0) is 9.53 Å². The van der Waals surface area contributed by atoms with Gasteiger partial charge in [0.25, 0.3) is 0 Å². The number of halogens is 2. The lowest BCUT2D eigenvalue weighted by Crippen LogP contribution is -2.50. The fraction of sp³-hybridized carbons (Fsp3) is 0.471. The van der Waals surface area contributed by atoms with E-state index in [4.69, 9.17) is 0 Å². The molecule has 1 aromatic rings. The minimum Gasteiger partial charge on any atom is -0.465 e. The first-order valence-corrected chi connectivity index (χ1v) is 7.94. The molecule has 25 heavy (non-hydrogen) atoms. The number of hydrogen-bond acceptors (Lipinski definition) is 5. The summed E-state index contributed by atoms with van der Waals surface area (Å²) in [6.07, 6.45) is 3.89. The van der Waals surface area contributed by atoms with Crippen molar-refractivity contribution in [2.75, 3.05) is 19.0 Å². The number of hydrogen-bond donors (Lipinski definition) is 2. The fourth-order valence-electron chi connectivity index (χ4n) is 2.86. The number of nitriles is 1. The van der Waals surface area contributed by atoms with Gasteiger partial charge in [0.15, 0.2) is 0 Å². The molecule has 0 unspecified atom stereocenters.